The average molecular weight is 398 g/mol. The Hall–Kier alpha value is -3.53. The fourth-order valence-corrected chi connectivity index (χ4v) is 4.00. The van der Waals surface area contributed by atoms with E-state index in [0.29, 0.717) is 52.2 Å². The minimum Gasteiger partial charge on any atom is -0.494 e. The number of fused-ring (bicyclic) bond motifs is 2. The Labute approximate surface area is 175 Å². The molecule has 4 nitrogen and oxygen atoms in total. The van der Waals surface area contributed by atoms with Crippen molar-refractivity contribution in [3.05, 3.63) is 99.6 Å². The smallest absolute Gasteiger partial charge is 0.194 e. The molecule has 0 N–H and O–H groups in total. The van der Waals surface area contributed by atoms with E-state index < -0.39 is 0 Å². The van der Waals surface area contributed by atoms with Crippen LogP contribution in [0.3, 0.4) is 0 Å². The first-order valence-electron chi connectivity index (χ1n) is 10.1. The van der Waals surface area contributed by atoms with E-state index in [-0.39, 0.29) is 23.8 Å². The summed E-state index contributed by atoms with van der Waals surface area (Å²) in [5.41, 5.74) is 3.69. The maximum atomic E-state index is 13.3. The molecule has 1 aliphatic rings. The molecule has 0 unspecified atom stereocenters. The average Bonchev–Trinajstić information content (AvgIpc) is 2.78. The highest BCUT2D eigenvalue weighted by atomic mass is 16.5. The number of ketones is 3. The normalized spacial score (nSPS) is 12.3. The van der Waals surface area contributed by atoms with E-state index in [9.17, 15) is 14.4 Å². The summed E-state index contributed by atoms with van der Waals surface area (Å²) in [7, 11) is 0. The lowest BCUT2D eigenvalue weighted by Crippen LogP contribution is -2.24. The van der Waals surface area contributed by atoms with Crippen LogP contribution in [0.4, 0.5) is 0 Å². The van der Waals surface area contributed by atoms with Gasteiger partial charge in [-0.2, -0.15) is 0 Å². The molecule has 0 spiro atoms. The highest BCUT2D eigenvalue weighted by Gasteiger charge is 2.32. The number of hydrogen-bond donors (Lipinski definition) is 0. The van der Waals surface area contributed by atoms with Gasteiger partial charge in [0, 0.05) is 34.2 Å². The lowest BCUT2D eigenvalue weighted by molar-refractivity contribution is 0.0972. The predicted molar refractivity (Wildman–Crippen MR) is 115 cm³/mol. The van der Waals surface area contributed by atoms with Crippen molar-refractivity contribution in [3.8, 4) is 5.75 Å². The number of hydrogen-bond acceptors (Lipinski definition) is 4. The summed E-state index contributed by atoms with van der Waals surface area (Å²) in [5.74, 6) is 0.251. The first kappa shape index (κ1) is 19.8. The lowest BCUT2D eigenvalue weighted by Gasteiger charge is -2.22. The highest BCUT2D eigenvalue weighted by molar-refractivity contribution is 6.29. The van der Waals surface area contributed by atoms with Crippen molar-refractivity contribution in [3.63, 3.8) is 0 Å². The predicted octanol–water partition coefficient (Wildman–Crippen LogP) is 4.85. The second-order valence-corrected chi connectivity index (χ2v) is 7.24. The fourth-order valence-electron chi connectivity index (χ4n) is 4.00. The summed E-state index contributed by atoms with van der Waals surface area (Å²) in [6.07, 6.45) is 0.740. The quantitative estimate of drug-likeness (QED) is 0.436. The van der Waals surface area contributed by atoms with E-state index in [4.69, 9.17) is 4.74 Å². The van der Waals surface area contributed by atoms with Gasteiger partial charge < -0.3 is 4.74 Å². The van der Waals surface area contributed by atoms with Crippen LogP contribution in [-0.2, 0) is 12.8 Å². The van der Waals surface area contributed by atoms with Gasteiger partial charge in [0.05, 0.1) is 6.61 Å². The molecule has 0 amide bonds. The van der Waals surface area contributed by atoms with Gasteiger partial charge >= 0.3 is 0 Å². The maximum Gasteiger partial charge on any atom is 0.194 e. The molecule has 30 heavy (non-hydrogen) atoms. The minimum absolute atomic E-state index is 0.0709. The third kappa shape index (κ3) is 3.35. The molecule has 0 bridgehead atoms. The SMILES string of the molecule is CCOc1ccc(C(=O)Cc2c(CC)ccc3c2C(=O)c2ccccc2C3=O)cc1. The van der Waals surface area contributed by atoms with Gasteiger partial charge in [-0.15, -0.1) is 0 Å². The zero-order valence-corrected chi connectivity index (χ0v) is 17.0. The summed E-state index contributed by atoms with van der Waals surface area (Å²) in [5, 5.41) is 0. The van der Waals surface area contributed by atoms with Crippen LogP contribution in [0.25, 0.3) is 0 Å². The van der Waals surface area contributed by atoms with Crippen molar-refractivity contribution in [2.45, 2.75) is 26.7 Å². The molecule has 0 heterocycles. The Bertz CT molecular complexity index is 1160. The summed E-state index contributed by atoms with van der Waals surface area (Å²) < 4.78 is 5.44. The van der Waals surface area contributed by atoms with E-state index in [1.54, 1.807) is 54.6 Å². The molecule has 0 aromatic heterocycles. The van der Waals surface area contributed by atoms with Crippen molar-refractivity contribution < 1.29 is 19.1 Å². The van der Waals surface area contributed by atoms with Crippen LogP contribution in [0.2, 0.25) is 0 Å². The van der Waals surface area contributed by atoms with Gasteiger partial charge in [0.15, 0.2) is 17.3 Å². The number of ether oxygens (including phenoxy) is 1. The van der Waals surface area contributed by atoms with Crippen LogP contribution in [0.15, 0.2) is 60.7 Å². The van der Waals surface area contributed by atoms with Crippen molar-refractivity contribution in [2.24, 2.45) is 0 Å². The Balaban J connectivity index is 1.76. The largest absolute Gasteiger partial charge is 0.494 e. The van der Waals surface area contributed by atoms with Crippen molar-refractivity contribution in [1.82, 2.24) is 0 Å². The van der Waals surface area contributed by atoms with Crippen LogP contribution in [0.5, 0.6) is 5.75 Å². The third-order valence-corrected chi connectivity index (χ3v) is 5.50. The van der Waals surface area contributed by atoms with Gasteiger partial charge in [-0.05, 0) is 54.8 Å². The number of rotatable bonds is 6. The molecule has 4 rings (SSSR count). The zero-order chi connectivity index (χ0) is 21.3. The van der Waals surface area contributed by atoms with Crippen LogP contribution < -0.4 is 4.74 Å². The topological polar surface area (TPSA) is 60.4 Å². The number of carbonyl (C=O) groups is 3. The molecular formula is C26H22O4. The maximum absolute atomic E-state index is 13.3. The molecule has 0 saturated carbocycles. The second kappa shape index (κ2) is 8.07. The summed E-state index contributed by atoms with van der Waals surface area (Å²) in [6.45, 7) is 4.44. The minimum atomic E-state index is -0.190. The molecule has 0 atom stereocenters. The number of Topliss-reactive ketones (excluding diaryl/α,β-unsaturated/α-hetero) is 1. The lowest BCUT2D eigenvalue weighted by atomic mass is 9.79. The van der Waals surface area contributed by atoms with Crippen LogP contribution in [-0.4, -0.2) is 24.0 Å². The van der Waals surface area contributed by atoms with E-state index in [0.717, 1.165) is 5.56 Å². The Kier molecular flexibility index (Phi) is 5.32. The Morgan fingerprint density at radius 2 is 1.47 bits per heavy atom. The van der Waals surface area contributed by atoms with Gasteiger partial charge in [-0.25, -0.2) is 0 Å². The van der Waals surface area contributed by atoms with Crippen molar-refractivity contribution in [2.75, 3.05) is 6.61 Å². The van der Waals surface area contributed by atoms with E-state index in [2.05, 4.69) is 0 Å². The molecule has 0 fully saturated rings. The molecule has 3 aromatic rings. The summed E-state index contributed by atoms with van der Waals surface area (Å²) >= 11 is 0. The number of benzene rings is 3. The van der Waals surface area contributed by atoms with E-state index in [1.807, 2.05) is 19.9 Å². The highest BCUT2D eigenvalue weighted by Crippen LogP contribution is 2.32. The van der Waals surface area contributed by atoms with Gasteiger partial charge in [0.25, 0.3) is 0 Å². The van der Waals surface area contributed by atoms with Crippen molar-refractivity contribution in [1.29, 1.82) is 0 Å². The van der Waals surface area contributed by atoms with Crippen molar-refractivity contribution >= 4 is 17.3 Å². The van der Waals surface area contributed by atoms with Gasteiger partial charge in [-0.3, -0.25) is 14.4 Å². The zero-order valence-electron chi connectivity index (χ0n) is 17.0. The third-order valence-electron chi connectivity index (χ3n) is 5.50. The molecule has 4 heteroatoms. The molecule has 0 radical (unpaired) electrons. The number of aryl methyl sites for hydroxylation is 1. The van der Waals surface area contributed by atoms with Gasteiger partial charge in [-0.1, -0.05) is 37.3 Å². The van der Waals surface area contributed by atoms with Crippen LogP contribution in [0.1, 0.15) is 67.2 Å². The van der Waals surface area contributed by atoms with Crippen LogP contribution >= 0.6 is 0 Å². The Morgan fingerprint density at radius 3 is 2.10 bits per heavy atom. The molecule has 3 aromatic carbocycles. The summed E-state index contributed by atoms with van der Waals surface area (Å²) in [6, 6.07) is 17.4. The molecule has 150 valence electrons. The fraction of sp³-hybridized carbons (Fsp3) is 0.192. The second-order valence-electron chi connectivity index (χ2n) is 7.24. The van der Waals surface area contributed by atoms with E-state index >= 15 is 0 Å². The van der Waals surface area contributed by atoms with Crippen LogP contribution in [0, 0.1) is 0 Å². The summed E-state index contributed by atoms with van der Waals surface area (Å²) in [4.78, 5) is 39.3. The standard InChI is InChI=1S/C26H22O4/c1-3-16-11-14-21-24(26(29)20-8-6-5-7-19(20)25(21)28)22(16)15-23(27)17-9-12-18(13-10-17)30-4-2/h5-14H,3-4,15H2,1-2H3. The number of carbonyl (C=O) groups excluding carboxylic acids is 3. The first-order valence-corrected chi connectivity index (χ1v) is 10.1. The molecular weight excluding hydrogens is 376 g/mol. The molecule has 1 aliphatic carbocycles. The van der Waals surface area contributed by atoms with Gasteiger partial charge in [0.1, 0.15) is 5.75 Å². The van der Waals surface area contributed by atoms with Gasteiger partial charge in [0.2, 0.25) is 0 Å². The Morgan fingerprint density at radius 1 is 0.800 bits per heavy atom. The first-order chi connectivity index (χ1) is 14.5. The monoisotopic (exact) mass is 398 g/mol. The molecule has 0 aliphatic heterocycles. The molecule has 0 saturated heterocycles. The van der Waals surface area contributed by atoms with E-state index in [1.165, 1.54) is 0 Å².